The van der Waals surface area contributed by atoms with Crippen molar-refractivity contribution in [3.63, 3.8) is 0 Å². The van der Waals surface area contributed by atoms with Gasteiger partial charge in [0.25, 0.3) is 0 Å². The molecule has 0 aliphatic heterocycles. The highest BCUT2D eigenvalue weighted by Crippen LogP contribution is 2.14. The number of benzene rings is 1. The molecule has 0 saturated heterocycles. The van der Waals surface area contributed by atoms with Crippen molar-refractivity contribution >= 4 is 21.6 Å². The van der Waals surface area contributed by atoms with E-state index >= 15 is 0 Å². The van der Waals surface area contributed by atoms with Gasteiger partial charge in [0.05, 0.1) is 5.75 Å². The summed E-state index contributed by atoms with van der Waals surface area (Å²) >= 11 is 5.72. The average molecular weight is 304 g/mol. The third-order valence-electron chi connectivity index (χ3n) is 2.83. The summed E-state index contributed by atoms with van der Waals surface area (Å²) in [6.07, 6.45) is 0.807. The lowest BCUT2D eigenvalue weighted by Gasteiger charge is -2.23. The van der Waals surface area contributed by atoms with E-state index in [2.05, 4.69) is 0 Å². The molecule has 19 heavy (non-hydrogen) atoms. The molecule has 0 radical (unpaired) electrons. The fourth-order valence-corrected chi connectivity index (χ4v) is 3.96. The highest BCUT2D eigenvalue weighted by molar-refractivity contribution is 7.89. The number of nitrogens with zero attached hydrogens (tertiary/aromatic N) is 1. The van der Waals surface area contributed by atoms with Crippen molar-refractivity contribution < 1.29 is 8.42 Å². The number of sulfonamides is 1. The molecule has 0 aromatic heterocycles. The zero-order valence-electron chi connectivity index (χ0n) is 11.5. The van der Waals surface area contributed by atoms with Crippen LogP contribution in [-0.2, 0) is 16.6 Å². The first-order valence-electron chi connectivity index (χ1n) is 6.57. The predicted octanol–water partition coefficient (Wildman–Crippen LogP) is 3.10. The Morgan fingerprint density at radius 3 is 2.42 bits per heavy atom. The minimum atomic E-state index is -3.25. The molecule has 1 aromatic carbocycles. The summed E-state index contributed by atoms with van der Waals surface area (Å²) in [4.78, 5) is 0. The molecule has 1 unspecified atom stereocenters. The lowest BCUT2D eigenvalue weighted by Crippen LogP contribution is -2.35. The Labute approximate surface area is 121 Å². The van der Waals surface area contributed by atoms with Gasteiger partial charge in [-0.1, -0.05) is 44.2 Å². The Morgan fingerprint density at radius 1 is 1.26 bits per heavy atom. The van der Waals surface area contributed by atoms with Gasteiger partial charge in [-0.3, -0.25) is 0 Å². The zero-order valence-corrected chi connectivity index (χ0v) is 13.1. The maximum Gasteiger partial charge on any atom is 0.214 e. The molecule has 1 aromatic rings. The minimum Gasteiger partial charge on any atom is -0.212 e. The first kappa shape index (κ1) is 16.5. The molecule has 0 aliphatic carbocycles. The van der Waals surface area contributed by atoms with Crippen LogP contribution in [0, 0.1) is 5.92 Å². The zero-order chi connectivity index (χ0) is 14.3. The van der Waals surface area contributed by atoms with Crippen molar-refractivity contribution in [2.24, 2.45) is 5.92 Å². The molecule has 108 valence electrons. The number of halogens is 1. The van der Waals surface area contributed by atoms with Gasteiger partial charge in [-0.15, -0.1) is 11.6 Å². The van der Waals surface area contributed by atoms with Crippen LogP contribution in [0.2, 0.25) is 0 Å². The van der Waals surface area contributed by atoms with Gasteiger partial charge in [-0.2, -0.15) is 4.31 Å². The van der Waals surface area contributed by atoms with Crippen LogP contribution in [0.1, 0.15) is 25.8 Å². The van der Waals surface area contributed by atoms with E-state index in [0.29, 0.717) is 19.0 Å². The van der Waals surface area contributed by atoms with E-state index in [1.54, 1.807) is 4.31 Å². The summed E-state index contributed by atoms with van der Waals surface area (Å²) in [5.41, 5.74) is 1.01. The highest BCUT2D eigenvalue weighted by atomic mass is 35.5. The molecule has 0 bridgehead atoms. The van der Waals surface area contributed by atoms with E-state index in [9.17, 15) is 8.42 Å². The standard InChI is InChI=1S/C14H22ClNO2S/c1-3-9-16(11-14-7-5-4-6-8-14)19(17,18)12-13(2)10-15/h4-8,13H,3,9-12H2,1-2H3. The van der Waals surface area contributed by atoms with Crippen LogP contribution in [0.3, 0.4) is 0 Å². The van der Waals surface area contributed by atoms with Gasteiger partial charge in [0.2, 0.25) is 10.0 Å². The molecular formula is C14H22ClNO2S. The maximum absolute atomic E-state index is 12.4. The second kappa shape index (κ2) is 7.88. The Hall–Kier alpha value is -0.580. The van der Waals surface area contributed by atoms with Crippen LogP contribution in [-0.4, -0.2) is 30.9 Å². The van der Waals surface area contributed by atoms with Crippen molar-refractivity contribution in [3.8, 4) is 0 Å². The predicted molar refractivity (Wildman–Crippen MR) is 80.8 cm³/mol. The topological polar surface area (TPSA) is 37.4 Å². The monoisotopic (exact) mass is 303 g/mol. The summed E-state index contributed by atoms with van der Waals surface area (Å²) in [6, 6.07) is 9.67. The van der Waals surface area contributed by atoms with E-state index in [0.717, 1.165) is 12.0 Å². The van der Waals surface area contributed by atoms with Gasteiger partial charge in [0, 0.05) is 19.0 Å². The summed E-state index contributed by atoms with van der Waals surface area (Å²) in [5.74, 6) is 0.454. The van der Waals surface area contributed by atoms with Gasteiger partial charge < -0.3 is 0 Å². The number of alkyl halides is 1. The minimum absolute atomic E-state index is 0.0261. The van der Waals surface area contributed by atoms with Crippen LogP contribution in [0.25, 0.3) is 0 Å². The number of hydrogen-bond donors (Lipinski definition) is 0. The van der Waals surface area contributed by atoms with Gasteiger partial charge in [-0.25, -0.2) is 8.42 Å². The lowest BCUT2D eigenvalue weighted by atomic mass is 10.2. The average Bonchev–Trinajstić information content (AvgIpc) is 2.39. The van der Waals surface area contributed by atoms with Crippen LogP contribution in [0.15, 0.2) is 30.3 Å². The molecule has 1 atom stereocenters. The van der Waals surface area contributed by atoms with Gasteiger partial charge >= 0.3 is 0 Å². The fraction of sp³-hybridized carbons (Fsp3) is 0.571. The summed E-state index contributed by atoms with van der Waals surface area (Å²) < 4.78 is 26.3. The molecule has 3 nitrogen and oxygen atoms in total. The SMILES string of the molecule is CCCN(Cc1ccccc1)S(=O)(=O)CC(C)CCl. The molecule has 0 amide bonds. The van der Waals surface area contributed by atoms with Crippen molar-refractivity contribution in [3.05, 3.63) is 35.9 Å². The fourth-order valence-electron chi connectivity index (χ4n) is 1.86. The lowest BCUT2D eigenvalue weighted by molar-refractivity contribution is 0.402. The quantitative estimate of drug-likeness (QED) is 0.692. The summed E-state index contributed by atoms with van der Waals surface area (Å²) in [5, 5.41) is 0. The Balaban J connectivity index is 2.82. The molecule has 1 rings (SSSR count). The van der Waals surface area contributed by atoms with Gasteiger partial charge in [0.15, 0.2) is 0 Å². The molecule has 0 aliphatic rings. The molecule has 0 heterocycles. The van der Waals surface area contributed by atoms with Gasteiger partial charge in [0.1, 0.15) is 0 Å². The van der Waals surface area contributed by atoms with Crippen molar-refractivity contribution in [2.45, 2.75) is 26.8 Å². The second-order valence-electron chi connectivity index (χ2n) is 4.86. The van der Waals surface area contributed by atoms with Crippen molar-refractivity contribution in [2.75, 3.05) is 18.2 Å². The molecule has 0 spiro atoms. The first-order valence-corrected chi connectivity index (χ1v) is 8.71. The van der Waals surface area contributed by atoms with E-state index in [-0.39, 0.29) is 11.7 Å². The largest absolute Gasteiger partial charge is 0.214 e. The van der Waals surface area contributed by atoms with E-state index in [1.165, 1.54) is 0 Å². The molecule has 0 N–H and O–H groups in total. The normalized spacial score (nSPS) is 13.7. The Morgan fingerprint density at radius 2 is 1.89 bits per heavy atom. The van der Waals surface area contributed by atoms with Gasteiger partial charge in [-0.05, 0) is 17.9 Å². The maximum atomic E-state index is 12.4. The van der Waals surface area contributed by atoms with E-state index in [4.69, 9.17) is 11.6 Å². The highest BCUT2D eigenvalue weighted by Gasteiger charge is 2.23. The first-order chi connectivity index (χ1) is 8.99. The summed E-state index contributed by atoms with van der Waals surface area (Å²) in [7, 11) is -3.25. The molecule has 0 fully saturated rings. The van der Waals surface area contributed by atoms with Crippen LogP contribution >= 0.6 is 11.6 Å². The Kier molecular flexibility index (Phi) is 6.83. The smallest absolute Gasteiger partial charge is 0.212 e. The third-order valence-corrected chi connectivity index (χ3v) is 5.44. The van der Waals surface area contributed by atoms with Crippen molar-refractivity contribution in [1.29, 1.82) is 0 Å². The van der Waals surface area contributed by atoms with E-state index in [1.807, 2.05) is 44.2 Å². The van der Waals surface area contributed by atoms with Crippen molar-refractivity contribution in [1.82, 2.24) is 4.31 Å². The van der Waals surface area contributed by atoms with Crippen LogP contribution < -0.4 is 0 Å². The number of hydrogen-bond acceptors (Lipinski definition) is 2. The van der Waals surface area contributed by atoms with Crippen LogP contribution in [0.4, 0.5) is 0 Å². The Bertz CT molecular complexity index is 462. The molecule has 0 saturated carbocycles. The molecular weight excluding hydrogens is 282 g/mol. The molecule has 5 heteroatoms. The third kappa shape index (κ3) is 5.51. The van der Waals surface area contributed by atoms with E-state index < -0.39 is 10.0 Å². The number of rotatable bonds is 8. The second-order valence-corrected chi connectivity index (χ2v) is 7.18. The van der Waals surface area contributed by atoms with Crippen LogP contribution in [0.5, 0.6) is 0 Å². The summed E-state index contributed by atoms with van der Waals surface area (Å²) in [6.45, 7) is 4.83.